The largest absolute Gasteiger partial charge is 0.756 e. The Morgan fingerprint density at radius 1 is 0.678 bits per heavy atom. The molecule has 0 aliphatic carbocycles. The van der Waals surface area contributed by atoms with Crippen molar-refractivity contribution in [1.29, 1.82) is 0 Å². The number of aryl methyl sites for hydroxylation is 2. The maximum Gasteiger partial charge on any atom is 0.471 e. The van der Waals surface area contributed by atoms with Crippen LogP contribution in [0.2, 0.25) is 0 Å². The quantitative estimate of drug-likeness (QED) is 0.0741. The van der Waals surface area contributed by atoms with Crippen LogP contribution in [0.4, 0.5) is 0 Å². The molecule has 1 aromatic rings. The highest BCUT2D eigenvalue weighted by molar-refractivity contribution is 7.71. The van der Waals surface area contributed by atoms with E-state index >= 15 is 0 Å². The van der Waals surface area contributed by atoms with Crippen LogP contribution < -0.4 is 29.4 Å². The van der Waals surface area contributed by atoms with Crippen LogP contribution >= 0.6 is 54.8 Å². The zero-order valence-corrected chi connectivity index (χ0v) is 37.8. The Kier molecular flexibility index (Phi) is 23.3. The predicted molar refractivity (Wildman–Crippen MR) is 185 cm³/mol. The molecule has 1 fully saturated rings. The Labute approximate surface area is 339 Å². The highest BCUT2D eigenvalue weighted by atomic mass is 31.3. The van der Waals surface area contributed by atoms with E-state index < -0.39 is 86.3 Å². The van der Waals surface area contributed by atoms with E-state index in [9.17, 15) is 71.3 Å². The first-order chi connectivity index (χ1) is 27.1. The van der Waals surface area contributed by atoms with Crippen molar-refractivity contribution in [2.75, 3.05) is 26.9 Å². The van der Waals surface area contributed by atoms with Gasteiger partial charge in [0, 0.05) is 26.3 Å². The third-order valence-corrected chi connectivity index (χ3v) is 17.4. The summed E-state index contributed by atoms with van der Waals surface area (Å²) in [5, 5.41) is 17.9. The number of rotatable bonds is 33. The van der Waals surface area contributed by atoms with Crippen molar-refractivity contribution in [2.45, 2.75) is 115 Å². The van der Waals surface area contributed by atoms with Crippen LogP contribution in [-0.2, 0) is 89.3 Å². The summed E-state index contributed by atoms with van der Waals surface area (Å²) in [6, 6.07) is 0. The summed E-state index contributed by atoms with van der Waals surface area (Å²) < 4.78 is 123. The molecule has 0 bridgehead atoms. The van der Waals surface area contributed by atoms with Crippen LogP contribution in [0.15, 0.2) is 6.20 Å². The Morgan fingerprint density at radius 2 is 1.12 bits per heavy atom. The molecule has 0 radical (unpaired) electrons. The molecule has 2 N–H and O–H groups in total. The zero-order chi connectivity index (χ0) is 44.6. The van der Waals surface area contributed by atoms with Crippen molar-refractivity contribution in [1.82, 2.24) is 15.0 Å². The van der Waals surface area contributed by atoms with Crippen molar-refractivity contribution in [3.05, 3.63) is 11.9 Å². The fourth-order valence-corrected chi connectivity index (χ4v) is 12.9. The van der Waals surface area contributed by atoms with Gasteiger partial charge in [0.15, 0.2) is 0 Å². The first-order valence-corrected chi connectivity index (χ1v) is 27.9. The number of aliphatic hydroxyl groups is 1. The van der Waals surface area contributed by atoms with Crippen molar-refractivity contribution in [3.63, 3.8) is 0 Å². The lowest BCUT2D eigenvalue weighted by Gasteiger charge is -2.38. The lowest BCUT2D eigenvalue weighted by Crippen LogP contribution is -2.27. The van der Waals surface area contributed by atoms with Crippen molar-refractivity contribution >= 4 is 54.8 Å². The van der Waals surface area contributed by atoms with Crippen molar-refractivity contribution in [2.24, 2.45) is 0 Å². The van der Waals surface area contributed by atoms with E-state index in [4.69, 9.17) is 9.26 Å². The van der Waals surface area contributed by atoms with Gasteiger partial charge in [-0.15, -0.1) is 5.10 Å². The summed E-state index contributed by atoms with van der Waals surface area (Å²) in [6.45, 7) is 0.674. The molecule has 59 heavy (non-hydrogen) atoms. The third-order valence-electron chi connectivity index (χ3n) is 7.49. The lowest BCUT2D eigenvalue weighted by atomic mass is 10.1. The smallest absolute Gasteiger partial charge is 0.471 e. The number of aromatic nitrogens is 3. The second-order valence-corrected chi connectivity index (χ2v) is 23.3. The lowest BCUT2D eigenvalue weighted by molar-refractivity contribution is -0.256. The average Bonchev–Trinajstić information content (AvgIpc) is 3.65. The average molecular weight is 993 g/mol. The second-order valence-electron chi connectivity index (χ2n) is 12.6. The van der Waals surface area contributed by atoms with Crippen molar-refractivity contribution in [3.8, 4) is 0 Å². The van der Waals surface area contributed by atoms with E-state index in [1.165, 1.54) is 6.92 Å². The first kappa shape index (κ1) is 55.2. The topological polar surface area (TPSA) is 421 Å². The molecular weight excluding hydrogens is 947 g/mol. The van der Waals surface area contributed by atoms with Crippen molar-refractivity contribution < 1.29 is 116 Å². The zero-order valence-electron chi connectivity index (χ0n) is 31.6. The molecule has 28 nitrogen and oxygen atoms in total. The predicted octanol–water partition coefficient (Wildman–Crippen LogP) is 1.34. The first-order valence-electron chi connectivity index (χ1n) is 17.6. The van der Waals surface area contributed by atoms with E-state index in [0.29, 0.717) is 38.6 Å². The van der Waals surface area contributed by atoms with Crippen LogP contribution in [0.3, 0.4) is 0 Å². The molecular formula is C24H46N3O25P7-6. The number of unbranched alkanes of at least 4 members (excludes halogenated alkanes) is 9. The number of hydrogen-bond donors (Lipinski definition) is 2. The van der Waals surface area contributed by atoms with Gasteiger partial charge in [0.05, 0.1) is 37.7 Å². The minimum absolute atomic E-state index is 0.0651. The molecule has 0 aromatic carbocycles. The highest BCUT2D eigenvalue weighted by Crippen LogP contribution is 2.70. The van der Waals surface area contributed by atoms with E-state index in [0.717, 1.165) is 51.3 Å². The molecule has 2 heterocycles. The van der Waals surface area contributed by atoms with Crippen LogP contribution in [-0.4, -0.2) is 70.2 Å². The molecule has 348 valence electrons. The number of aliphatic hydroxyl groups excluding tert-OH is 1. The summed E-state index contributed by atoms with van der Waals surface area (Å²) >= 11 is 0. The normalized spacial score (nSPS) is 24.5. The number of phosphoric acid groups is 7. The molecule has 0 amide bonds. The Morgan fingerprint density at radius 3 is 1.61 bits per heavy atom. The summed E-state index contributed by atoms with van der Waals surface area (Å²) in [4.78, 5) is 80.2. The minimum Gasteiger partial charge on any atom is -0.756 e. The van der Waals surface area contributed by atoms with Gasteiger partial charge in [-0.3, -0.25) is 41.1 Å². The fraction of sp³-hybridized carbons (Fsp3) is 0.917. The van der Waals surface area contributed by atoms with Gasteiger partial charge in [-0.1, -0.05) is 50.2 Å². The summed E-state index contributed by atoms with van der Waals surface area (Å²) in [6.07, 6.45) is 7.32. The van der Waals surface area contributed by atoms with Gasteiger partial charge in [0.1, 0.15) is 6.10 Å². The van der Waals surface area contributed by atoms with Gasteiger partial charge in [-0.2, -0.15) is 0 Å². The van der Waals surface area contributed by atoms with Crippen LogP contribution in [0.1, 0.15) is 89.7 Å². The molecule has 0 saturated carbocycles. The number of ether oxygens (including phenoxy) is 1. The molecule has 1 aromatic heterocycles. The second kappa shape index (κ2) is 24.9. The summed E-state index contributed by atoms with van der Waals surface area (Å²) in [5.74, 6) is 0. The van der Waals surface area contributed by atoms with Gasteiger partial charge in [0.25, 0.3) is 46.9 Å². The van der Waals surface area contributed by atoms with Gasteiger partial charge >= 0.3 is 7.82 Å². The molecule has 10 atom stereocenters. The minimum atomic E-state index is -6.82. The van der Waals surface area contributed by atoms with E-state index in [1.807, 2.05) is 6.20 Å². The molecule has 35 heteroatoms. The standard InChI is InChI=1S/C24H52N3O25P7/c1-21-18-23(28)24(47-21)20-46-55(33,34)49-57(37,38)51-59(41,42)52-58(39,40)50-56(35,36)48-54(31,32)45-16-12-9-7-5-3-4-6-8-11-15-27-19-22(25-26-27)14-10-13-17-44-53(29,30)43-2/h19,21,23-24,28H,3-18,20H2,1-2H3,(H,29,30)(H,31,32)(H,33,34)(H,35,36)(H,37,38)(H,39,40)(H,41,42)/p-6/t21-,23?,24+/m1/s1. The number of nitrogens with zero attached hydrogens (tertiary/aromatic N) is 3. The van der Waals surface area contributed by atoms with Gasteiger partial charge in [0.2, 0.25) is 0 Å². The van der Waals surface area contributed by atoms with E-state index in [1.54, 1.807) is 4.68 Å². The van der Waals surface area contributed by atoms with Crippen LogP contribution in [0.25, 0.3) is 0 Å². The molecule has 2 rings (SSSR count). The third kappa shape index (κ3) is 25.2. The SMILES string of the molecule is COP(=O)(O)OCCCCc1cn(CCCCCCCCCCCOP(=O)([O-])OP(=O)([O-])OP(=O)([O-])OP(=O)([O-])OP(=O)([O-])OP(=O)([O-])OC[C@@H]2O[C@H](C)CC2O)nn1. The Balaban J connectivity index is 1.59. The van der Waals surface area contributed by atoms with E-state index in [2.05, 4.69) is 45.4 Å². The molecule has 1 aliphatic heterocycles. The summed E-state index contributed by atoms with van der Waals surface area (Å²) in [5.41, 5.74) is 0.793. The maximum absolute atomic E-state index is 11.9. The van der Waals surface area contributed by atoms with Gasteiger partial charge in [-0.05, 0) is 39.0 Å². The maximum atomic E-state index is 11.9. The van der Waals surface area contributed by atoms with E-state index in [-0.39, 0.29) is 19.4 Å². The number of hydrogen-bond acceptors (Lipinski definition) is 26. The molecule has 0 spiro atoms. The molecule has 1 saturated heterocycles. The monoisotopic (exact) mass is 993 g/mol. The highest BCUT2D eigenvalue weighted by Gasteiger charge is 2.35. The van der Waals surface area contributed by atoms with Gasteiger partial charge < -0.3 is 53.1 Å². The number of phosphoric ester groups is 3. The Hall–Kier alpha value is 0.0300. The van der Waals surface area contributed by atoms with Crippen LogP contribution in [0.5, 0.6) is 0 Å². The molecule has 1 aliphatic rings. The van der Waals surface area contributed by atoms with Gasteiger partial charge in [-0.25, -0.2) is 26.1 Å². The van der Waals surface area contributed by atoms with Crippen LogP contribution in [0, 0.1) is 0 Å². The fourth-order valence-electron chi connectivity index (χ4n) is 4.96. The summed E-state index contributed by atoms with van der Waals surface area (Å²) in [7, 11) is -41.5. The molecule has 8 unspecified atom stereocenters. The Bertz CT molecular complexity index is 1780.